The highest BCUT2D eigenvalue weighted by atomic mass is 79.9. The van der Waals surface area contributed by atoms with Gasteiger partial charge in [0, 0.05) is 14.4 Å². The van der Waals surface area contributed by atoms with Crippen molar-refractivity contribution in [2.75, 3.05) is 5.32 Å². The number of rotatable bonds is 4. The molecule has 0 aliphatic carbocycles. The van der Waals surface area contributed by atoms with Crippen LogP contribution in [0.2, 0.25) is 5.02 Å². The topological polar surface area (TPSA) is 12.0 Å². The van der Waals surface area contributed by atoms with Crippen molar-refractivity contribution in [3.63, 3.8) is 0 Å². The molecule has 1 aromatic heterocycles. The van der Waals surface area contributed by atoms with Gasteiger partial charge in [0.15, 0.2) is 0 Å². The highest BCUT2D eigenvalue weighted by Gasteiger charge is 2.11. The van der Waals surface area contributed by atoms with Crippen molar-refractivity contribution in [1.29, 1.82) is 0 Å². The SMILES string of the molecule is CCC(Nc1cc(Cl)ccc1Br)c1cccs1. The maximum atomic E-state index is 6.01. The smallest absolute Gasteiger partial charge is 0.0604 e. The fourth-order valence-electron chi connectivity index (χ4n) is 1.66. The van der Waals surface area contributed by atoms with Crippen LogP contribution in [0.3, 0.4) is 0 Å². The lowest BCUT2D eigenvalue weighted by molar-refractivity contribution is 0.763. The van der Waals surface area contributed by atoms with Gasteiger partial charge in [-0.15, -0.1) is 11.3 Å². The second kappa shape index (κ2) is 5.89. The molecule has 1 nitrogen and oxygen atoms in total. The van der Waals surface area contributed by atoms with Crippen LogP contribution in [0.4, 0.5) is 5.69 Å². The molecule has 4 heteroatoms. The minimum Gasteiger partial charge on any atom is -0.376 e. The monoisotopic (exact) mass is 329 g/mol. The molecule has 2 aromatic rings. The van der Waals surface area contributed by atoms with E-state index in [1.807, 2.05) is 18.2 Å². The fraction of sp³-hybridized carbons (Fsp3) is 0.231. The summed E-state index contributed by atoms with van der Waals surface area (Å²) in [7, 11) is 0. The quantitative estimate of drug-likeness (QED) is 0.755. The second-order valence-electron chi connectivity index (χ2n) is 3.74. The number of hydrogen-bond acceptors (Lipinski definition) is 2. The second-order valence-corrected chi connectivity index (χ2v) is 6.01. The molecule has 0 bridgehead atoms. The van der Waals surface area contributed by atoms with Gasteiger partial charge in [0.2, 0.25) is 0 Å². The van der Waals surface area contributed by atoms with Crippen molar-refractivity contribution in [1.82, 2.24) is 0 Å². The third-order valence-electron chi connectivity index (χ3n) is 2.55. The van der Waals surface area contributed by atoms with E-state index in [1.165, 1.54) is 4.88 Å². The van der Waals surface area contributed by atoms with Crippen molar-refractivity contribution in [2.24, 2.45) is 0 Å². The summed E-state index contributed by atoms with van der Waals surface area (Å²) in [4.78, 5) is 1.35. The molecule has 0 aliphatic heterocycles. The average molecular weight is 331 g/mol. The maximum Gasteiger partial charge on any atom is 0.0604 e. The summed E-state index contributed by atoms with van der Waals surface area (Å²) in [6, 6.07) is 10.4. The van der Waals surface area contributed by atoms with Gasteiger partial charge in [0.1, 0.15) is 0 Å². The Labute approximate surface area is 119 Å². The van der Waals surface area contributed by atoms with Crippen LogP contribution >= 0.6 is 38.9 Å². The van der Waals surface area contributed by atoms with Crippen LogP contribution < -0.4 is 5.32 Å². The molecule has 0 radical (unpaired) electrons. The third-order valence-corrected chi connectivity index (χ3v) is 4.47. The molecule has 0 amide bonds. The lowest BCUT2D eigenvalue weighted by Crippen LogP contribution is -2.08. The van der Waals surface area contributed by atoms with Gasteiger partial charge in [-0.3, -0.25) is 0 Å². The van der Waals surface area contributed by atoms with Gasteiger partial charge >= 0.3 is 0 Å². The average Bonchev–Trinajstić information content (AvgIpc) is 2.84. The van der Waals surface area contributed by atoms with Crippen LogP contribution in [0.1, 0.15) is 24.3 Å². The molecule has 2 rings (SSSR count). The lowest BCUT2D eigenvalue weighted by Gasteiger charge is -2.18. The number of anilines is 1. The Hall–Kier alpha value is -0.510. The van der Waals surface area contributed by atoms with Gasteiger partial charge in [-0.1, -0.05) is 24.6 Å². The molecule has 0 saturated heterocycles. The van der Waals surface area contributed by atoms with E-state index in [-0.39, 0.29) is 0 Å². The zero-order chi connectivity index (χ0) is 12.3. The van der Waals surface area contributed by atoms with E-state index < -0.39 is 0 Å². The largest absolute Gasteiger partial charge is 0.376 e. The van der Waals surface area contributed by atoms with Crippen molar-refractivity contribution >= 4 is 44.6 Å². The molecule has 0 spiro atoms. The minimum atomic E-state index is 0.338. The van der Waals surface area contributed by atoms with Crippen LogP contribution in [0.25, 0.3) is 0 Å². The predicted molar refractivity (Wildman–Crippen MR) is 80.1 cm³/mol. The molecule has 1 N–H and O–H groups in total. The first-order valence-electron chi connectivity index (χ1n) is 5.45. The summed E-state index contributed by atoms with van der Waals surface area (Å²) in [6.45, 7) is 2.18. The molecule has 0 fully saturated rings. The summed E-state index contributed by atoms with van der Waals surface area (Å²) in [5.74, 6) is 0. The highest BCUT2D eigenvalue weighted by molar-refractivity contribution is 9.10. The third kappa shape index (κ3) is 3.24. The minimum absolute atomic E-state index is 0.338. The van der Waals surface area contributed by atoms with Crippen molar-refractivity contribution in [2.45, 2.75) is 19.4 Å². The van der Waals surface area contributed by atoms with Crippen molar-refractivity contribution in [3.05, 3.63) is 50.1 Å². The Bertz CT molecular complexity index is 484. The first kappa shape index (κ1) is 12.9. The first-order valence-corrected chi connectivity index (χ1v) is 7.50. The fourth-order valence-corrected chi connectivity index (χ4v) is 3.05. The van der Waals surface area contributed by atoms with E-state index in [0.29, 0.717) is 6.04 Å². The molecule has 0 saturated carbocycles. The van der Waals surface area contributed by atoms with E-state index >= 15 is 0 Å². The molecular formula is C13H13BrClNS. The highest BCUT2D eigenvalue weighted by Crippen LogP contribution is 2.31. The number of halogens is 2. The molecular weight excluding hydrogens is 318 g/mol. The van der Waals surface area contributed by atoms with Gasteiger partial charge in [-0.2, -0.15) is 0 Å². The Kier molecular flexibility index (Phi) is 4.48. The van der Waals surface area contributed by atoms with Gasteiger partial charge < -0.3 is 5.32 Å². The summed E-state index contributed by atoms with van der Waals surface area (Å²) in [6.07, 6.45) is 1.04. The molecule has 1 aromatic carbocycles. The van der Waals surface area contributed by atoms with E-state index in [9.17, 15) is 0 Å². The van der Waals surface area contributed by atoms with Crippen molar-refractivity contribution < 1.29 is 0 Å². The Morgan fingerprint density at radius 1 is 1.41 bits per heavy atom. The standard InChI is InChI=1S/C13H13BrClNS/c1-2-11(13-4-3-7-17-13)16-12-8-9(15)5-6-10(12)14/h3-8,11,16H,2H2,1H3. The van der Waals surface area contributed by atoms with Gasteiger partial charge in [-0.25, -0.2) is 0 Å². The van der Waals surface area contributed by atoms with Gasteiger partial charge in [-0.05, 0) is 52.0 Å². The van der Waals surface area contributed by atoms with E-state index in [2.05, 4.69) is 45.7 Å². The zero-order valence-electron chi connectivity index (χ0n) is 9.41. The molecule has 17 heavy (non-hydrogen) atoms. The molecule has 90 valence electrons. The molecule has 1 atom stereocenters. The van der Waals surface area contributed by atoms with Crippen LogP contribution in [-0.2, 0) is 0 Å². The van der Waals surface area contributed by atoms with Crippen LogP contribution in [0, 0.1) is 0 Å². The molecule has 0 aliphatic rings. The number of thiophene rings is 1. The van der Waals surface area contributed by atoms with E-state index in [4.69, 9.17) is 11.6 Å². The predicted octanol–water partition coefficient (Wildman–Crippen LogP) is 5.73. The first-order chi connectivity index (χ1) is 8.20. The maximum absolute atomic E-state index is 6.01. The zero-order valence-corrected chi connectivity index (χ0v) is 12.6. The molecule has 1 unspecified atom stereocenters. The number of benzene rings is 1. The summed E-state index contributed by atoms with van der Waals surface area (Å²) >= 11 is 11.3. The van der Waals surface area contributed by atoms with Crippen LogP contribution in [-0.4, -0.2) is 0 Å². The number of hydrogen-bond donors (Lipinski definition) is 1. The lowest BCUT2D eigenvalue weighted by atomic mass is 10.1. The Balaban J connectivity index is 2.21. The van der Waals surface area contributed by atoms with Crippen LogP contribution in [0.15, 0.2) is 40.2 Å². The number of nitrogens with one attached hydrogen (secondary N) is 1. The van der Waals surface area contributed by atoms with E-state index in [0.717, 1.165) is 21.6 Å². The Morgan fingerprint density at radius 2 is 2.24 bits per heavy atom. The summed E-state index contributed by atoms with van der Waals surface area (Å²) in [5.41, 5.74) is 1.04. The van der Waals surface area contributed by atoms with Gasteiger partial charge in [0.05, 0.1) is 11.7 Å². The summed E-state index contributed by atoms with van der Waals surface area (Å²) < 4.78 is 1.04. The Morgan fingerprint density at radius 3 is 2.88 bits per heavy atom. The summed E-state index contributed by atoms with van der Waals surface area (Å²) in [5, 5.41) is 6.37. The van der Waals surface area contributed by atoms with E-state index in [1.54, 1.807) is 11.3 Å². The molecule has 1 heterocycles. The van der Waals surface area contributed by atoms with Gasteiger partial charge in [0.25, 0.3) is 0 Å². The van der Waals surface area contributed by atoms with Crippen molar-refractivity contribution in [3.8, 4) is 0 Å². The van der Waals surface area contributed by atoms with Crippen LogP contribution in [0.5, 0.6) is 0 Å². The normalized spacial score (nSPS) is 12.4.